The quantitative estimate of drug-likeness (QED) is 0.428. The Morgan fingerprint density at radius 3 is 2.57 bits per heavy atom. The molecule has 28 heavy (non-hydrogen) atoms. The monoisotopic (exact) mass is 393 g/mol. The van der Waals surface area contributed by atoms with E-state index in [-0.39, 0.29) is 30.8 Å². The number of esters is 1. The number of oxazole rings is 1. The minimum atomic E-state index is -4.45. The van der Waals surface area contributed by atoms with E-state index in [2.05, 4.69) is 4.98 Å². The third kappa shape index (κ3) is 5.18. The second-order valence-electron chi connectivity index (χ2n) is 5.98. The molecule has 0 aliphatic heterocycles. The molecule has 0 spiro atoms. The number of nitrogens with zero attached hydrogens (tertiary/aromatic N) is 1. The second-order valence-corrected chi connectivity index (χ2v) is 5.98. The lowest BCUT2D eigenvalue weighted by molar-refractivity contribution is -0.145. The minimum absolute atomic E-state index is 0.0394. The summed E-state index contributed by atoms with van der Waals surface area (Å²) in [6, 6.07) is 10.3. The topological polar surface area (TPSA) is 52.3 Å². The molecular formula is C20H15F4NO3. The molecule has 0 saturated carbocycles. The molecule has 0 amide bonds. The lowest BCUT2D eigenvalue weighted by Gasteiger charge is -2.09. The van der Waals surface area contributed by atoms with E-state index < -0.39 is 17.7 Å². The fraction of sp³-hybridized carbons (Fsp3) is 0.200. The Morgan fingerprint density at radius 2 is 1.86 bits per heavy atom. The van der Waals surface area contributed by atoms with Crippen LogP contribution in [0.15, 0.2) is 59.1 Å². The van der Waals surface area contributed by atoms with Gasteiger partial charge in [-0.3, -0.25) is 4.79 Å². The molecule has 0 aliphatic carbocycles. The first-order valence-electron chi connectivity index (χ1n) is 8.33. The Kier molecular flexibility index (Phi) is 5.77. The van der Waals surface area contributed by atoms with Gasteiger partial charge in [-0.1, -0.05) is 12.1 Å². The van der Waals surface area contributed by atoms with Crippen molar-refractivity contribution in [2.75, 3.05) is 0 Å². The number of carbonyl (C=O) groups excluding carboxylic acids is 1. The molecule has 0 aliphatic rings. The van der Waals surface area contributed by atoms with E-state index in [9.17, 15) is 22.4 Å². The summed E-state index contributed by atoms with van der Waals surface area (Å²) in [6.45, 7) is -0.255. The smallest absolute Gasteiger partial charge is 0.416 e. The van der Waals surface area contributed by atoms with Crippen LogP contribution in [0.25, 0.3) is 11.3 Å². The van der Waals surface area contributed by atoms with Gasteiger partial charge in [0.1, 0.15) is 12.4 Å². The summed E-state index contributed by atoms with van der Waals surface area (Å²) in [5.41, 5.74) is 0.0966. The van der Waals surface area contributed by atoms with Gasteiger partial charge in [0.2, 0.25) is 0 Å². The molecule has 0 radical (unpaired) electrons. The zero-order chi connectivity index (χ0) is 20.1. The molecule has 0 atom stereocenters. The molecule has 0 fully saturated rings. The van der Waals surface area contributed by atoms with E-state index in [4.69, 9.17) is 9.15 Å². The number of aryl methyl sites for hydroxylation is 1. The largest absolute Gasteiger partial charge is 0.461 e. The predicted octanol–water partition coefficient (Wildman–Crippen LogP) is 5.18. The molecule has 1 aromatic heterocycles. The Hall–Kier alpha value is -3.16. The van der Waals surface area contributed by atoms with E-state index in [1.807, 2.05) is 0 Å². The summed E-state index contributed by atoms with van der Waals surface area (Å²) in [4.78, 5) is 15.9. The van der Waals surface area contributed by atoms with Gasteiger partial charge in [-0.2, -0.15) is 13.2 Å². The van der Waals surface area contributed by atoms with Gasteiger partial charge in [-0.25, -0.2) is 9.37 Å². The van der Waals surface area contributed by atoms with Crippen molar-refractivity contribution < 1.29 is 31.5 Å². The number of ether oxygens (including phenoxy) is 1. The maximum absolute atomic E-state index is 12.9. The molecule has 8 heteroatoms. The maximum atomic E-state index is 12.9. The number of hydrogen-bond acceptors (Lipinski definition) is 4. The normalized spacial score (nSPS) is 11.4. The molecule has 0 unspecified atom stereocenters. The van der Waals surface area contributed by atoms with Crippen molar-refractivity contribution in [3.8, 4) is 11.3 Å². The van der Waals surface area contributed by atoms with E-state index in [1.165, 1.54) is 30.5 Å². The van der Waals surface area contributed by atoms with Gasteiger partial charge in [0.15, 0.2) is 11.7 Å². The van der Waals surface area contributed by atoms with Crippen LogP contribution in [0, 0.1) is 5.82 Å². The van der Waals surface area contributed by atoms with Crippen LogP contribution in [-0.2, 0) is 28.7 Å². The molecular weight excluding hydrogens is 378 g/mol. The van der Waals surface area contributed by atoms with Crippen LogP contribution in [0.3, 0.4) is 0 Å². The molecule has 0 saturated heterocycles. The average Bonchev–Trinajstić information content (AvgIpc) is 3.14. The molecule has 146 valence electrons. The highest BCUT2D eigenvalue weighted by Crippen LogP contribution is 2.29. The van der Waals surface area contributed by atoms with Crippen molar-refractivity contribution in [1.29, 1.82) is 0 Å². The highest BCUT2D eigenvalue weighted by molar-refractivity contribution is 5.69. The lowest BCUT2D eigenvalue weighted by Crippen LogP contribution is -2.08. The van der Waals surface area contributed by atoms with Crippen molar-refractivity contribution in [3.05, 3.63) is 77.6 Å². The Bertz CT molecular complexity index is 949. The van der Waals surface area contributed by atoms with Crippen LogP contribution in [-0.4, -0.2) is 11.0 Å². The molecule has 1 heterocycles. The first-order valence-corrected chi connectivity index (χ1v) is 8.33. The lowest BCUT2D eigenvalue weighted by atomic mass is 10.1. The number of hydrogen-bond donors (Lipinski definition) is 0. The predicted molar refractivity (Wildman–Crippen MR) is 91.5 cm³/mol. The van der Waals surface area contributed by atoms with Gasteiger partial charge in [0.25, 0.3) is 0 Å². The number of benzene rings is 2. The minimum Gasteiger partial charge on any atom is -0.461 e. The molecule has 3 rings (SSSR count). The number of alkyl halides is 3. The number of rotatable bonds is 6. The zero-order valence-electron chi connectivity index (χ0n) is 14.5. The first kappa shape index (κ1) is 19.6. The highest BCUT2D eigenvalue weighted by Gasteiger charge is 2.30. The highest BCUT2D eigenvalue weighted by atomic mass is 19.4. The summed E-state index contributed by atoms with van der Waals surface area (Å²) in [6.07, 6.45) is -2.85. The van der Waals surface area contributed by atoms with Crippen LogP contribution in [0.5, 0.6) is 0 Å². The second kappa shape index (κ2) is 8.24. The van der Waals surface area contributed by atoms with E-state index in [0.29, 0.717) is 17.2 Å². The number of aromatic nitrogens is 1. The third-order valence-corrected chi connectivity index (χ3v) is 3.88. The standard InChI is InChI=1S/C20H15F4NO3/c21-16-6-4-14(5-7-16)17-11-25-18(28-17)8-9-19(26)27-12-13-2-1-3-15(10-13)20(22,23)24/h1-7,10-11H,8-9,12H2. The maximum Gasteiger partial charge on any atom is 0.416 e. The van der Waals surface area contributed by atoms with Crippen LogP contribution < -0.4 is 0 Å². The molecule has 0 bridgehead atoms. The van der Waals surface area contributed by atoms with Crippen molar-refractivity contribution >= 4 is 5.97 Å². The van der Waals surface area contributed by atoms with Crippen LogP contribution in [0.1, 0.15) is 23.4 Å². The van der Waals surface area contributed by atoms with Crippen molar-refractivity contribution in [2.45, 2.75) is 25.6 Å². The molecule has 0 N–H and O–H groups in total. The van der Waals surface area contributed by atoms with Crippen molar-refractivity contribution in [1.82, 2.24) is 4.98 Å². The van der Waals surface area contributed by atoms with Crippen molar-refractivity contribution in [2.24, 2.45) is 0 Å². The first-order chi connectivity index (χ1) is 13.3. The number of carbonyl (C=O) groups is 1. The van der Waals surface area contributed by atoms with Crippen molar-refractivity contribution in [3.63, 3.8) is 0 Å². The summed E-state index contributed by atoms with van der Waals surface area (Å²) >= 11 is 0. The SMILES string of the molecule is O=C(CCc1ncc(-c2ccc(F)cc2)o1)OCc1cccc(C(F)(F)F)c1. The summed E-state index contributed by atoms with van der Waals surface area (Å²) < 4.78 is 61.5. The van der Waals surface area contributed by atoms with E-state index >= 15 is 0 Å². The average molecular weight is 393 g/mol. The van der Waals surface area contributed by atoms with Crippen LogP contribution in [0.4, 0.5) is 17.6 Å². The van der Waals surface area contributed by atoms with Gasteiger partial charge in [0, 0.05) is 12.0 Å². The fourth-order valence-corrected chi connectivity index (χ4v) is 2.46. The summed E-state index contributed by atoms with van der Waals surface area (Å²) in [7, 11) is 0. The molecule has 4 nitrogen and oxygen atoms in total. The Balaban J connectivity index is 1.50. The van der Waals surface area contributed by atoms with Crippen LogP contribution >= 0.6 is 0 Å². The Labute approximate surface area is 157 Å². The van der Waals surface area contributed by atoms with E-state index in [0.717, 1.165) is 12.1 Å². The van der Waals surface area contributed by atoms with Gasteiger partial charge in [0.05, 0.1) is 18.2 Å². The fourth-order valence-electron chi connectivity index (χ4n) is 2.46. The summed E-state index contributed by atoms with van der Waals surface area (Å²) in [5, 5.41) is 0. The van der Waals surface area contributed by atoms with Gasteiger partial charge < -0.3 is 9.15 Å². The zero-order valence-corrected chi connectivity index (χ0v) is 14.5. The van der Waals surface area contributed by atoms with E-state index in [1.54, 1.807) is 12.1 Å². The molecule has 3 aromatic rings. The molecule has 2 aromatic carbocycles. The van der Waals surface area contributed by atoms with Gasteiger partial charge in [-0.15, -0.1) is 0 Å². The van der Waals surface area contributed by atoms with Crippen LogP contribution in [0.2, 0.25) is 0 Å². The Morgan fingerprint density at radius 1 is 1.11 bits per heavy atom. The number of halogens is 4. The van der Waals surface area contributed by atoms with Gasteiger partial charge >= 0.3 is 12.1 Å². The summed E-state index contributed by atoms with van der Waals surface area (Å²) in [5.74, 6) is -0.214. The van der Waals surface area contributed by atoms with Gasteiger partial charge in [-0.05, 0) is 42.0 Å². The third-order valence-electron chi connectivity index (χ3n) is 3.88.